The molecule has 1 aromatic heterocycles. The molecule has 0 unspecified atom stereocenters. The number of sulfone groups is 1. The molecule has 0 bridgehead atoms. The Morgan fingerprint density at radius 2 is 1.96 bits per heavy atom. The van der Waals surface area contributed by atoms with Crippen LogP contribution < -0.4 is 10.5 Å². The number of aliphatic carboxylic acids is 1. The molecule has 0 atom stereocenters. The first-order valence-corrected chi connectivity index (χ1v) is 10.2. The number of hydrogen-bond donors (Lipinski definition) is 1. The van der Waals surface area contributed by atoms with Gasteiger partial charge in [-0.15, -0.1) is 0 Å². The van der Waals surface area contributed by atoms with E-state index in [1.54, 1.807) is 24.3 Å². The molecule has 1 fully saturated rings. The summed E-state index contributed by atoms with van der Waals surface area (Å²) in [5, 5.41) is 18.1. The number of carbonyl (C=O) groups is 1. The number of nitriles is 1. The van der Waals surface area contributed by atoms with Gasteiger partial charge in [0.2, 0.25) is 0 Å². The predicted octanol–water partition coefficient (Wildman–Crippen LogP) is 1.58. The summed E-state index contributed by atoms with van der Waals surface area (Å²) in [4.78, 5) is 24.9. The first-order valence-electron chi connectivity index (χ1n) is 8.34. The lowest BCUT2D eigenvalue weighted by atomic mass is 10.1. The minimum atomic E-state index is -2.99. The maximum atomic E-state index is 12.2. The van der Waals surface area contributed by atoms with Crippen LogP contribution in [0.3, 0.4) is 0 Å². The zero-order valence-electron chi connectivity index (χ0n) is 14.7. The summed E-state index contributed by atoms with van der Waals surface area (Å²) in [6, 6.07) is 8.43. The van der Waals surface area contributed by atoms with E-state index in [1.165, 1.54) is 12.2 Å². The molecule has 0 spiro atoms. The van der Waals surface area contributed by atoms with E-state index in [0.717, 1.165) is 11.8 Å². The highest BCUT2D eigenvalue weighted by Gasteiger charge is 2.22. The molecule has 28 heavy (non-hydrogen) atoms. The van der Waals surface area contributed by atoms with Crippen LogP contribution in [0.4, 0.5) is 5.69 Å². The second kappa shape index (κ2) is 7.70. The zero-order valence-corrected chi connectivity index (χ0v) is 15.5. The lowest BCUT2D eigenvalue weighted by molar-refractivity contribution is -0.132. The summed E-state index contributed by atoms with van der Waals surface area (Å²) in [6.07, 6.45) is 3.77. The fourth-order valence-electron chi connectivity index (χ4n) is 2.80. The Morgan fingerprint density at radius 3 is 2.61 bits per heavy atom. The Morgan fingerprint density at radius 1 is 1.25 bits per heavy atom. The van der Waals surface area contributed by atoms with Gasteiger partial charge in [0.05, 0.1) is 17.1 Å². The molecule has 0 amide bonds. The Kier molecular flexibility index (Phi) is 5.33. The van der Waals surface area contributed by atoms with E-state index in [1.807, 2.05) is 11.0 Å². The molecule has 3 rings (SSSR count). The molecule has 1 N–H and O–H groups in total. The van der Waals surface area contributed by atoms with Gasteiger partial charge in [0, 0.05) is 30.2 Å². The van der Waals surface area contributed by atoms with Crippen molar-refractivity contribution >= 4 is 38.5 Å². The summed E-state index contributed by atoms with van der Waals surface area (Å²) in [5.74, 6) is -1.17. The molecule has 2 aromatic rings. The van der Waals surface area contributed by atoms with E-state index in [2.05, 4.69) is 0 Å². The number of fused-ring (bicyclic) bond motifs is 1. The number of nitrogens with zero attached hydrogens (tertiary/aromatic N) is 2. The van der Waals surface area contributed by atoms with E-state index in [0.29, 0.717) is 24.1 Å². The number of anilines is 1. The van der Waals surface area contributed by atoms with Crippen LogP contribution in [-0.2, 0) is 14.6 Å². The lowest BCUT2D eigenvalue weighted by Gasteiger charge is -2.28. The first kappa shape index (κ1) is 19.4. The van der Waals surface area contributed by atoms with E-state index in [4.69, 9.17) is 14.8 Å². The summed E-state index contributed by atoms with van der Waals surface area (Å²) < 4.78 is 28.5. The van der Waals surface area contributed by atoms with Gasteiger partial charge in [-0.2, -0.15) is 5.26 Å². The fourth-order valence-corrected chi connectivity index (χ4v) is 4.01. The summed E-state index contributed by atoms with van der Waals surface area (Å²) in [5.41, 5.74) is 0.297. The van der Waals surface area contributed by atoms with Gasteiger partial charge in [0.15, 0.2) is 9.84 Å². The smallest absolute Gasteiger partial charge is 0.346 e. The molecule has 0 saturated carbocycles. The Bertz CT molecular complexity index is 1190. The molecule has 2 heterocycles. The maximum Gasteiger partial charge on any atom is 0.346 e. The van der Waals surface area contributed by atoms with Crippen molar-refractivity contribution in [3.63, 3.8) is 0 Å². The molecule has 9 heteroatoms. The Labute approximate surface area is 160 Å². The van der Waals surface area contributed by atoms with Gasteiger partial charge in [-0.1, -0.05) is 6.08 Å². The van der Waals surface area contributed by atoms with Crippen LogP contribution in [0.1, 0.15) is 5.56 Å². The number of carboxylic acids is 1. The molecular formula is C19H16N2O6S. The van der Waals surface area contributed by atoms with Crippen molar-refractivity contribution in [1.82, 2.24) is 0 Å². The van der Waals surface area contributed by atoms with Crippen molar-refractivity contribution in [1.29, 1.82) is 5.26 Å². The number of rotatable bonds is 4. The molecule has 0 radical (unpaired) electrons. The Balaban J connectivity index is 1.88. The van der Waals surface area contributed by atoms with Crippen LogP contribution in [0, 0.1) is 11.3 Å². The molecule has 0 aliphatic carbocycles. The molecule has 1 aliphatic rings. The molecule has 8 nitrogen and oxygen atoms in total. The molecule has 144 valence electrons. The van der Waals surface area contributed by atoms with Crippen molar-refractivity contribution in [2.45, 2.75) is 0 Å². The number of benzene rings is 1. The summed E-state index contributed by atoms with van der Waals surface area (Å²) in [7, 11) is -2.99. The van der Waals surface area contributed by atoms with Gasteiger partial charge in [-0.3, -0.25) is 0 Å². The topological polar surface area (TPSA) is 129 Å². The van der Waals surface area contributed by atoms with Crippen LogP contribution in [0.5, 0.6) is 0 Å². The largest absolute Gasteiger partial charge is 0.477 e. The van der Waals surface area contributed by atoms with Crippen molar-refractivity contribution < 1.29 is 22.7 Å². The van der Waals surface area contributed by atoms with E-state index in [9.17, 15) is 18.0 Å². The van der Waals surface area contributed by atoms with E-state index in [-0.39, 0.29) is 17.1 Å². The minimum Gasteiger partial charge on any atom is -0.477 e. The van der Waals surface area contributed by atoms with Gasteiger partial charge >= 0.3 is 11.6 Å². The third kappa shape index (κ3) is 4.29. The maximum absolute atomic E-state index is 12.2. The molecule has 1 aromatic carbocycles. The quantitative estimate of drug-likeness (QED) is 0.354. The highest BCUT2D eigenvalue weighted by Crippen LogP contribution is 2.23. The fraction of sp³-hybridized carbons (Fsp3) is 0.211. The molecular weight excluding hydrogens is 384 g/mol. The highest BCUT2D eigenvalue weighted by molar-refractivity contribution is 7.91. The molecule has 1 aliphatic heterocycles. The van der Waals surface area contributed by atoms with Crippen LogP contribution in [0.2, 0.25) is 0 Å². The average Bonchev–Trinajstić information content (AvgIpc) is 2.65. The predicted molar refractivity (Wildman–Crippen MR) is 104 cm³/mol. The zero-order chi connectivity index (χ0) is 20.3. The van der Waals surface area contributed by atoms with Gasteiger partial charge in [0.1, 0.15) is 17.2 Å². The Hall–Kier alpha value is -3.38. The van der Waals surface area contributed by atoms with Crippen molar-refractivity contribution in [3.8, 4) is 6.07 Å². The lowest BCUT2D eigenvalue weighted by Crippen LogP contribution is -2.40. The highest BCUT2D eigenvalue weighted by atomic mass is 32.2. The standard InChI is InChI=1S/C19H16N2O6S/c20-12-15(18(22)23)3-1-2-14-10-13-4-5-16(11-17(13)27-19(14)24)21-6-8-28(25,26)9-7-21/h1-5,10-11H,6-9H2,(H,22,23)/b2-1+,15-3+. The van der Waals surface area contributed by atoms with Crippen LogP contribution in [-0.4, -0.2) is 44.1 Å². The third-order valence-electron chi connectivity index (χ3n) is 4.35. The summed E-state index contributed by atoms with van der Waals surface area (Å²) >= 11 is 0. The van der Waals surface area contributed by atoms with Crippen molar-refractivity contribution in [2.75, 3.05) is 29.5 Å². The van der Waals surface area contributed by atoms with E-state index < -0.39 is 27.0 Å². The van der Waals surface area contributed by atoms with Crippen LogP contribution >= 0.6 is 0 Å². The van der Waals surface area contributed by atoms with Gasteiger partial charge in [-0.05, 0) is 30.4 Å². The van der Waals surface area contributed by atoms with Crippen molar-refractivity contribution in [2.24, 2.45) is 0 Å². The second-order valence-corrected chi connectivity index (χ2v) is 8.51. The van der Waals surface area contributed by atoms with Crippen LogP contribution in [0.15, 0.2) is 51.2 Å². The normalized spacial score (nSPS) is 17.0. The van der Waals surface area contributed by atoms with Crippen LogP contribution in [0.25, 0.3) is 17.0 Å². The van der Waals surface area contributed by atoms with Gasteiger partial charge < -0.3 is 14.4 Å². The van der Waals surface area contributed by atoms with Gasteiger partial charge in [-0.25, -0.2) is 18.0 Å². The number of allylic oxidation sites excluding steroid dienone is 2. The SMILES string of the molecule is N#C/C(=C\C=C\c1cc2ccc(N3CCS(=O)(=O)CC3)cc2oc1=O)C(=O)O. The first-order chi connectivity index (χ1) is 13.3. The third-order valence-corrected chi connectivity index (χ3v) is 5.95. The molecule has 1 saturated heterocycles. The average molecular weight is 400 g/mol. The van der Waals surface area contributed by atoms with Crippen molar-refractivity contribution in [3.05, 3.63) is 58.0 Å². The summed E-state index contributed by atoms with van der Waals surface area (Å²) in [6.45, 7) is 0.770. The second-order valence-electron chi connectivity index (χ2n) is 6.21. The number of carboxylic acid groups (broad SMARTS) is 1. The minimum absolute atomic E-state index is 0.0905. The van der Waals surface area contributed by atoms with Gasteiger partial charge in [0.25, 0.3) is 0 Å². The van der Waals surface area contributed by atoms with E-state index >= 15 is 0 Å². The number of hydrogen-bond acceptors (Lipinski definition) is 7. The monoisotopic (exact) mass is 400 g/mol.